The minimum atomic E-state index is -0.980. The van der Waals surface area contributed by atoms with E-state index in [1.807, 2.05) is 31.2 Å². The molecule has 0 fully saturated rings. The molecule has 0 saturated heterocycles. The van der Waals surface area contributed by atoms with Crippen LogP contribution < -0.4 is 5.32 Å². The average Bonchev–Trinajstić information content (AvgIpc) is 2.81. The van der Waals surface area contributed by atoms with Crippen LogP contribution in [0.3, 0.4) is 0 Å². The standard InChI is InChI=1S/C14H18N2O3/c1-2-5-12(13(17)18)15-14(19)16-8-10-6-3-4-7-11(10)9-16/h3-4,6-7,12H,2,5,8-9H2,1H3,(H,15,19)(H,17,18)/t12-/m0/s1. The molecule has 1 atom stereocenters. The van der Waals surface area contributed by atoms with E-state index in [1.54, 1.807) is 4.90 Å². The highest BCUT2D eigenvalue weighted by atomic mass is 16.4. The van der Waals surface area contributed by atoms with Crippen LogP contribution in [-0.4, -0.2) is 28.0 Å². The molecule has 0 aliphatic carbocycles. The predicted molar refractivity (Wildman–Crippen MR) is 70.6 cm³/mol. The monoisotopic (exact) mass is 262 g/mol. The van der Waals surface area contributed by atoms with Crippen LogP contribution in [0.4, 0.5) is 4.79 Å². The van der Waals surface area contributed by atoms with Gasteiger partial charge >= 0.3 is 12.0 Å². The summed E-state index contributed by atoms with van der Waals surface area (Å²) in [4.78, 5) is 24.7. The molecule has 102 valence electrons. The first kappa shape index (κ1) is 13.4. The lowest BCUT2D eigenvalue weighted by atomic mass is 10.1. The number of urea groups is 1. The zero-order valence-electron chi connectivity index (χ0n) is 10.9. The second-order valence-corrected chi connectivity index (χ2v) is 4.75. The summed E-state index contributed by atoms with van der Waals surface area (Å²) in [6.07, 6.45) is 1.17. The summed E-state index contributed by atoms with van der Waals surface area (Å²) < 4.78 is 0. The van der Waals surface area contributed by atoms with Gasteiger partial charge in [0, 0.05) is 13.1 Å². The fourth-order valence-corrected chi connectivity index (χ4v) is 2.26. The van der Waals surface area contributed by atoms with Crippen molar-refractivity contribution in [1.29, 1.82) is 0 Å². The number of aliphatic carboxylic acids is 1. The van der Waals surface area contributed by atoms with Gasteiger partial charge in [0.15, 0.2) is 0 Å². The Morgan fingerprint density at radius 3 is 2.37 bits per heavy atom. The molecule has 1 heterocycles. The van der Waals surface area contributed by atoms with Crippen molar-refractivity contribution in [2.24, 2.45) is 0 Å². The van der Waals surface area contributed by atoms with E-state index >= 15 is 0 Å². The molecule has 0 spiro atoms. The summed E-state index contributed by atoms with van der Waals surface area (Å²) in [6.45, 7) is 2.98. The van der Waals surface area contributed by atoms with E-state index in [0.717, 1.165) is 17.5 Å². The van der Waals surface area contributed by atoms with Gasteiger partial charge in [0.05, 0.1) is 0 Å². The highest BCUT2D eigenvalue weighted by molar-refractivity contribution is 5.82. The second kappa shape index (κ2) is 5.73. The molecule has 2 N–H and O–H groups in total. The molecule has 0 radical (unpaired) electrons. The summed E-state index contributed by atoms with van der Waals surface area (Å²) in [6, 6.07) is 6.75. The Balaban J connectivity index is 1.97. The van der Waals surface area contributed by atoms with Crippen LogP contribution >= 0.6 is 0 Å². The van der Waals surface area contributed by atoms with Gasteiger partial charge in [-0.15, -0.1) is 0 Å². The summed E-state index contributed by atoms with van der Waals surface area (Å²) in [7, 11) is 0. The van der Waals surface area contributed by atoms with Gasteiger partial charge < -0.3 is 15.3 Å². The van der Waals surface area contributed by atoms with E-state index in [4.69, 9.17) is 5.11 Å². The van der Waals surface area contributed by atoms with Crippen LogP contribution in [0.2, 0.25) is 0 Å². The molecular formula is C14H18N2O3. The zero-order chi connectivity index (χ0) is 13.8. The van der Waals surface area contributed by atoms with Crippen LogP contribution in [0.1, 0.15) is 30.9 Å². The number of nitrogens with zero attached hydrogens (tertiary/aromatic N) is 1. The third kappa shape index (κ3) is 3.05. The van der Waals surface area contributed by atoms with E-state index in [-0.39, 0.29) is 6.03 Å². The number of hydrogen-bond acceptors (Lipinski definition) is 2. The number of carbonyl (C=O) groups excluding carboxylic acids is 1. The quantitative estimate of drug-likeness (QED) is 0.871. The van der Waals surface area contributed by atoms with Crippen molar-refractivity contribution in [3.05, 3.63) is 35.4 Å². The molecule has 0 saturated carbocycles. The van der Waals surface area contributed by atoms with Crippen LogP contribution in [-0.2, 0) is 17.9 Å². The number of fused-ring (bicyclic) bond motifs is 1. The smallest absolute Gasteiger partial charge is 0.326 e. The predicted octanol–water partition coefficient (Wildman–Crippen LogP) is 1.97. The molecule has 2 amide bonds. The Hall–Kier alpha value is -2.04. The normalized spacial score (nSPS) is 14.9. The van der Waals surface area contributed by atoms with Crippen molar-refractivity contribution in [2.75, 3.05) is 0 Å². The molecule has 1 aromatic carbocycles. The fourth-order valence-electron chi connectivity index (χ4n) is 2.26. The molecule has 19 heavy (non-hydrogen) atoms. The topological polar surface area (TPSA) is 69.6 Å². The molecular weight excluding hydrogens is 244 g/mol. The van der Waals surface area contributed by atoms with Crippen molar-refractivity contribution >= 4 is 12.0 Å². The second-order valence-electron chi connectivity index (χ2n) is 4.75. The number of benzene rings is 1. The molecule has 1 aromatic rings. The highest BCUT2D eigenvalue weighted by Crippen LogP contribution is 2.22. The Labute approximate surface area is 112 Å². The van der Waals surface area contributed by atoms with Crippen LogP contribution in [0.25, 0.3) is 0 Å². The van der Waals surface area contributed by atoms with Gasteiger partial charge in [0.25, 0.3) is 0 Å². The van der Waals surface area contributed by atoms with E-state index in [1.165, 1.54) is 0 Å². The third-order valence-electron chi connectivity index (χ3n) is 3.30. The van der Waals surface area contributed by atoms with Gasteiger partial charge in [-0.1, -0.05) is 37.6 Å². The molecule has 5 nitrogen and oxygen atoms in total. The number of carboxylic acid groups (broad SMARTS) is 1. The van der Waals surface area contributed by atoms with E-state index in [2.05, 4.69) is 5.32 Å². The summed E-state index contributed by atoms with van der Waals surface area (Å²) >= 11 is 0. The van der Waals surface area contributed by atoms with E-state index in [0.29, 0.717) is 19.5 Å². The summed E-state index contributed by atoms with van der Waals surface area (Å²) in [5.41, 5.74) is 2.25. The number of amides is 2. The Morgan fingerprint density at radius 1 is 1.32 bits per heavy atom. The summed E-state index contributed by atoms with van der Waals surface area (Å²) in [5, 5.41) is 11.6. The zero-order valence-corrected chi connectivity index (χ0v) is 10.9. The molecule has 1 aliphatic rings. The molecule has 1 aliphatic heterocycles. The van der Waals surface area contributed by atoms with Crippen molar-refractivity contribution in [3.63, 3.8) is 0 Å². The van der Waals surface area contributed by atoms with Crippen molar-refractivity contribution in [3.8, 4) is 0 Å². The largest absolute Gasteiger partial charge is 0.480 e. The van der Waals surface area contributed by atoms with Gasteiger partial charge in [0.1, 0.15) is 6.04 Å². The average molecular weight is 262 g/mol. The first-order valence-electron chi connectivity index (χ1n) is 6.47. The van der Waals surface area contributed by atoms with Gasteiger partial charge in [-0.2, -0.15) is 0 Å². The number of nitrogens with one attached hydrogen (secondary N) is 1. The maximum atomic E-state index is 12.1. The first-order valence-corrected chi connectivity index (χ1v) is 6.47. The molecule has 0 bridgehead atoms. The number of carboxylic acids is 1. The number of rotatable bonds is 4. The molecule has 0 aromatic heterocycles. The number of hydrogen-bond donors (Lipinski definition) is 2. The van der Waals surface area contributed by atoms with Crippen molar-refractivity contribution in [1.82, 2.24) is 10.2 Å². The third-order valence-corrected chi connectivity index (χ3v) is 3.30. The van der Waals surface area contributed by atoms with Gasteiger partial charge in [-0.25, -0.2) is 9.59 Å². The van der Waals surface area contributed by atoms with Crippen molar-refractivity contribution in [2.45, 2.75) is 38.9 Å². The molecule has 5 heteroatoms. The fraction of sp³-hybridized carbons (Fsp3) is 0.429. The van der Waals surface area contributed by atoms with Crippen LogP contribution in [0.5, 0.6) is 0 Å². The minimum Gasteiger partial charge on any atom is -0.480 e. The Morgan fingerprint density at radius 2 is 1.89 bits per heavy atom. The van der Waals surface area contributed by atoms with Crippen molar-refractivity contribution < 1.29 is 14.7 Å². The maximum Gasteiger partial charge on any atom is 0.326 e. The SMILES string of the molecule is CCC[C@H](NC(=O)N1Cc2ccccc2C1)C(=O)O. The van der Waals surface area contributed by atoms with Crippen LogP contribution in [0.15, 0.2) is 24.3 Å². The lowest BCUT2D eigenvalue weighted by Crippen LogP contribution is -2.46. The van der Waals surface area contributed by atoms with Gasteiger partial charge in [0.2, 0.25) is 0 Å². The lowest BCUT2D eigenvalue weighted by Gasteiger charge is -2.20. The Kier molecular flexibility index (Phi) is 4.04. The summed E-state index contributed by atoms with van der Waals surface area (Å²) in [5.74, 6) is -0.980. The van der Waals surface area contributed by atoms with E-state index < -0.39 is 12.0 Å². The molecule has 0 unspecified atom stereocenters. The Bertz CT molecular complexity index is 462. The molecule has 2 rings (SSSR count). The van der Waals surface area contributed by atoms with Crippen LogP contribution in [0, 0.1) is 0 Å². The van der Waals surface area contributed by atoms with E-state index in [9.17, 15) is 9.59 Å². The first-order chi connectivity index (χ1) is 9.11. The number of carbonyl (C=O) groups is 2. The lowest BCUT2D eigenvalue weighted by molar-refractivity contribution is -0.139. The maximum absolute atomic E-state index is 12.1. The minimum absolute atomic E-state index is 0.308. The highest BCUT2D eigenvalue weighted by Gasteiger charge is 2.26. The van der Waals surface area contributed by atoms with Gasteiger partial charge in [-0.3, -0.25) is 0 Å². The van der Waals surface area contributed by atoms with Gasteiger partial charge in [-0.05, 0) is 17.5 Å².